The summed E-state index contributed by atoms with van der Waals surface area (Å²) >= 11 is 0. The fourth-order valence-corrected chi connectivity index (χ4v) is 2.47. The van der Waals surface area contributed by atoms with Gasteiger partial charge in [-0.1, -0.05) is 6.42 Å². The lowest BCUT2D eigenvalue weighted by atomic mass is 10.1. The number of alkyl halides is 6. The van der Waals surface area contributed by atoms with Gasteiger partial charge in [0.05, 0.1) is 0 Å². The summed E-state index contributed by atoms with van der Waals surface area (Å²) in [5.41, 5.74) is -4.87. The first-order chi connectivity index (χ1) is 9.02. The second-order valence-electron chi connectivity index (χ2n) is 4.59. The molecule has 0 radical (unpaired) electrons. The van der Waals surface area contributed by atoms with Crippen LogP contribution in [0.25, 0.3) is 0 Å². The lowest BCUT2D eigenvalue weighted by molar-refractivity contribution is -0.395. The molecule has 114 valence electrons. The molecule has 2 aliphatic heterocycles. The molecule has 0 unspecified atom stereocenters. The zero-order chi connectivity index (χ0) is 15.3. The Morgan fingerprint density at radius 3 is 2.10 bits per heavy atom. The van der Waals surface area contributed by atoms with E-state index in [1.54, 1.807) is 0 Å². The van der Waals surface area contributed by atoms with Crippen molar-refractivity contribution >= 4 is 11.9 Å². The van der Waals surface area contributed by atoms with Crippen LogP contribution in [0.5, 0.6) is 0 Å². The maximum atomic E-state index is 13.0. The van der Waals surface area contributed by atoms with Gasteiger partial charge in [-0.05, 0) is 12.8 Å². The van der Waals surface area contributed by atoms with E-state index in [4.69, 9.17) is 0 Å². The van der Waals surface area contributed by atoms with Crippen LogP contribution in [0.1, 0.15) is 25.7 Å². The predicted octanol–water partition coefficient (Wildman–Crippen LogP) is 2.14. The van der Waals surface area contributed by atoms with Crippen molar-refractivity contribution in [3.8, 4) is 0 Å². The van der Waals surface area contributed by atoms with Gasteiger partial charge in [-0.25, -0.2) is 4.79 Å². The number of carbonyl (C=O) groups is 2. The van der Waals surface area contributed by atoms with Crippen molar-refractivity contribution in [1.82, 2.24) is 4.90 Å². The van der Waals surface area contributed by atoms with Crippen LogP contribution in [-0.2, 0) is 14.3 Å². The molecule has 0 aromatic rings. The summed E-state index contributed by atoms with van der Waals surface area (Å²) in [6.45, 7) is 0. The highest BCUT2D eigenvalue weighted by molar-refractivity contribution is 5.89. The van der Waals surface area contributed by atoms with Gasteiger partial charge in [-0.15, -0.1) is 0 Å². The highest BCUT2D eigenvalue weighted by atomic mass is 19.4. The zero-order valence-electron chi connectivity index (χ0n) is 9.85. The fraction of sp³-hybridized carbons (Fsp3) is 0.800. The maximum Gasteiger partial charge on any atom is 0.458 e. The summed E-state index contributed by atoms with van der Waals surface area (Å²) in [5.74, 6) is -3.05. The van der Waals surface area contributed by atoms with Crippen molar-refractivity contribution in [1.29, 1.82) is 0 Å². The number of nitrogens with zero attached hydrogens (tertiary/aromatic N) is 1. The van der Waals surface area contributed by atoms with Crippen LogP contribution in [0.3, 0.4) is 0 Å². The van der Waals surface area contributed by atoms with E-state index in [2.05, 4.69) is 4.74 Å². The topological polar surface area (TPSA) is 46.6 Å². The standard InChI is InChI=1S/C10H9F6NO3/c11-9(12,13)8(10(14,15)16)17-5(7(19)20-8)3-1-2-4-6(17)18/h5H,1-4H2/t5-/m0/s1. The number of cyclic esters (lactones) is 1. The third-order valence-electron chi connectivity index (χ3n) is 3.33. The number of fused-ring (bicyclic) bond motifs is 1. The Labute approximate surface area is 108 Å². The number of hydrogen-bond acceptors (Lipinski definition) is 3. The van der Waals surface area contributed by atoms with Crippen molar-refractivity contribution in [2.75, 3.05) is 0 Å². The Hall–Kier alpha value is -1.48. The van der Waals surface area contributed by atoms with Gasteiger partial charge in [-0.3, -0.25) is 9.69 Å². The van der Waals surface area contributed by atoms with E-state index in [0.29, 0.717) is 0 Å². The number of halogens is 6. The third kappa shape index (κ3) is 1.84. The minimum Gasteiger partial charge on any atom is -0.419 e. The van der Waals surface area contributed by atoms with Crippen molar-refractivity contribution in [2.24, 2.45) is 0 Å². The molecule has 0 N–H and O–H groups in total. The molecule has 1 atom stereocenters. The second-order valence-corrected chi connectivity index (χ2v) is 4.59. The van der Waals surface area contributed by atoms with Gasteiger partial charge in [0.2, 0.25) is 5.91 Å². The molecule has 2 aliphatic rings. The molecule has 2 saturated heterocycles. The van der Waals surface area contributed by atoms with Gasteiger partial charge < -0.3 is 4.74 Å². The van der Waals surface area contributed by atoms with Crippen LogP contribution in [-0.4, -0.2) is 40.9 Å². The van der Waals surface area contributed by atoms with E-state index in [1.807, 2.05) is 0 Å². The molecule has 2 fully saturated rings. The zero-order valence-corrected chi connectivity index (χ0v) is 9.85. The first kappa shape index (κ1) is 14.9. The van der Waals surface area contributed by atoms with Gasteiger partial charge in [-0.2, -0.15) is 26.3 Å². The van der Waals surface area contributed by atoms with E-state index in [9.17, 15) is 35.9 Å². The Bertz CT molecular complexity index is 429. The van der Waals surface area contributed by atoms with Crippen molar-refractivity contribution in [3.05, 3.63) is 0 Å². The van der Waals surface area contributed by atoms with Crippen LogP contribution < -0.4 is 0 Å². The molecule has 0 bridgehead atoms. The normalized spacial score (nSPS) is 27.1. The van der Waals surface area contributed by atoms with Crippen molar-refractivity contribution < 1.29 is 40.7 Å². The summed E-state index contributed by atoms with van der Waals surface area (Å²) in [7, 11) is 0. The average Bonchev–Trinajstić information content (AvgIpc) is 2.44. The average molecular weight is 305 g/mol. The smallest absolute Gasteiger partial charge is 0.419 e. The minimum atomic E-state index is -5.96. The quantitative estimate of drug-likeness (QED) is 0.509. The molecular weight excluding hydrogens is 296 g/mol. The number of hydrogen-bond donors (Lipinski definition) is 0. The second kappa shape index (κ2) is 4.26. The molecule has 0 aromatic carbocycles. The monoisotopic (exact) mass is 305 g/mol. The number of amides is 1. The van der Waals surface area contributed by atoms with Crippen molar-refractivity contribution in [2.45, 2.75) is 49.8 Å². The molecule has 1 amide bonds. The molecule has 0 aromatic heterocycles. The molecular formula is C10H9F6NO3. The SMILES string of the molecule is O=C1OC(C(F)(F)F)(C(F)(F)F)N2C(=O)CCCC[C@@H]12. The molecule has 10 heteroatoms. The summed E-state index contributed by atoms with van der Waals surface area (Å²) in [6, 6.07) is -1.84. The van der Waals surface area contributed by atoms with Crippen LogP contribution in [0.15, 0.2) is 0 Å². The number of carbonyl (C=O) groups excluding carboxylic acids is 2. The Kier molecular flexibility index (Phi) is 3.17. The summed E-state index contributed by atoms with van der Waals surface area (Å²) in [5, 5.41) is 0. The summed E-state index contributed by atoms with van der Waals surface area (Å²) in [4.78, 5) is 22.6. The van der Waals surface area contributed by atoms with Gasteiger partial charge in [0.1, 0.15) is 6.04 Å². The van der Waals surface area contributed by atoms with E-state index in [1.165, 1.54) is 0 Å². The first-order valence-electron chi connectivity index (χ1n) is 5.71. The van der Waals surface area contributed by atoms with Crippen LogP contribution >= 0.6 is 0 Å². The van der Waals surface area contributed by atoms with Gasteiger partial charge in [0.25, 0.3) is 0 Å². The number of esters is 1. The Morgan fingerprint density at radius 2 is 1.60 bits per heavy atom. The minimum absolute atomic E-state index is 0.130. The summed E-state index contributed by atoms with van der Waals surface area (Å²) < 4.78 is 81.5. The lowest BCUT2D eigenvalue weighted by Gasteiger charge is -2.38. The van der Waals surface area contributed by atoms with Gasteiger partial charge in [0, 0.05) is 6.42 Å². The molecule has 20 heavy (non-hydrogen) atoms. The van der Waals surface area contributed by atoms with E-state index in [-0.39, 0.29) is 19.3 Å². The number of ether oxygens (including phenoxy) is 1. The highest BCUT2D eigenvalue weighted by Gasteiger charge is 2.83. The lowest BCUT2D eigenvalue weighted by Crippen LogP contribution is -2.67. The Morgan fingerprint density at radius 1 is 1.05 bits per heavy atom. The molecule has 0 aliphatic carbocycles. The van der Waals surface area contributed by atoms with E-state index >= 15 is 0 Å². The number of rotatable bonds is 0. The molecule has 4 nitrogen and oxygen atoms in total. The van der Waals surface area contributed by atoms with Crippen LogP contribution in [0, 0.1) is 0 Å². The molecule has 2 heterocycles. The van der Waals surface area contributed by atoms with Crippen LogP contribution in [0.2, 0.25) is 0 Å². The highest BCUT2D eigenvalue weighted by Crippen LogP contribution is 2.53. The third-order valence-corrected chi connectivity index (χ3v) is 3.33. The van der Waals surface area contributed by atoms with Crippen molar-refractivity contribution in [3.63, 3.8) is 0 Å². The van der Waals surface area contributed by atoms with E-state index < -0.39 is 47.3 Å². The predicted molar refractivity (Wildman–Crippen MR) is 50.0 cm³/mol. The van der Waals surface area contributed by atoms with E-state index in [0.717, 1.165) is 0 Å². The van der Waals surface area contributed by atoms with Crippen LogP contribution in [0.4, 0.5) is 26.3 Å². The molecule has 0 spiro atoms. The largest absolute Gasteiger partial charge is 0.458 e. The summed E-state index contributed by atoms with van der Waals surface area (Å²) in [6.07, 6.45) is -12.4. The maximum absolute atomic E-state index is 13.0. The van der Waals surface area contributed by atoms with Gasteiger partial charge in [0.15, 0.2) is 0 Å². The molecule has 2 rings (SSSR count). The first-order valence-corrected chi connectivity index (χ1v) is 5.71. The fourth-order valence-electron chi connectivity index (χ4n) is 2.47. The molecule has 0 saturated carbocycles. The van der Waals surface area contributed by atoms with Gasteiger partial charge >= 0.3 is 24.0 Å². The Balaban J connectivity index is 2.62.